The number of nitrogens with zero attached hydrogens (tertiary/aromatic N) is 4. The number of fused-ring (bicyclic) bond motifs is 4. The predicted octanol–water partition coefficient (Wildman–Crippen LogP) is 3.55. The van der Waals surface area contributed by atoms with E-state index in [1.807, 2.05) is 19.1 Å². The van der Waals surface area contributed by atoms with Gasteiger partial charge in [-0.1, -0.05) is 27.5 Å². The lowest BCUT2D eigenvalue weighted by molar-refractivity contribution is -0.125. The average Bonchev–Trinajstić information content (AvgIpc) is 3.00. The molecule has 1 N–H and O–H groups in total. The third-order valence-corrected chi connectivity index (χ3v) is 7.56. The summed E-state index contributed by atoms with van der Waals surface area (Å²) in [5, 5.41) is 16.4. The number of hydrazone groups is 1. The molecule has 0 bridgehead atoms. The summed E-state index contributed by atoms with van der Waals surface area (Å²) in [6.07, 6.45) is 0.605. The zero-order valence-corrected chi connectivity index (χ0v) is 19.6. The number of β-amino-alcohol motifs (C(OH)–C–C–N with tert-alkyl or cyclic N) is 1. The van der Waals surface area contributed by atoms with Gasteiger partial charge in [-0.05, 0) is 61.4 Å². The molecule has 3 aliphatic heterocycles. The predicted molar refractivity (Wildman–Crippen MR) is 127 cm³/mol. The van der Waals surface area contributed by atoms with E-state index in [9.17, 15) is 9.90 Å². The number of carbonyl (C=O) groups is 1. The second-order valence-corrected chi connectivity index (χ2v) is 9.79. The van der Waals surface area contributed by atoms with Crippen LogP contribution in [-0.2, 0) is 11.2 Å². The molecule has 3 aliphatic rings. The molecule has 1 fully saturated rings. The Hall–Kier alpha value is -1.93. The molecule has 8 heteroatoms. The van der Waals surface area contributed by atoms with E-state index in [0.29, 0.717) is 24.5 Å². The Kier molecular flexibility index (Phi) is 5.33. The zero-order valence-electron chi connectivity index (χ0n) is 17.3. The van der Waals surface area contributed by atoms with Crippen LogP contribution in [0.2, 0.25) is 5.02 Å². The van der Waals surface area contributed by atoms with Gasteiger partial charge in [0, 0.05) is 41.4 Å². The summed E-state index contributed by atoms with van der Waals surface area (Å²) in [4.78, 5) is 18.7. The summed E-state index contributed by atoms with van der Waals surface area (Å²) in [6, 6.07) is 13.5. The summed E-state index contributed by atoms with van der Waals surface area (Å²) in [6.45, 7) is 5.07. The quantitative estimate of drug-likeness (QED) is 0.696. The van der Waals surface area contributed by atoms with Crippen molar-refractivity contribution in [2.45, 2.75) is 19.4 Å². The first-order valence-corrected chi connectivity index (χ1v) is 11.7. The smallest absolute Gasteiger partial charge is 0.261 e. The zero-order chi connectivity index (χ0) is 21.8. The van der Waals surface area contributed by atoms with Gasteiger partial charge in [0.25, 0.3) is 5.91 Å². The van der Waals surface area contributed by atoms with Crippen LogP contribution in [0.3, 0.4) is 0 Å². The maximum atomic E-state index is 14.1. The Morgan fingerprint density at radius 1 is 1.23 bits per heavy atom. The van der Waals surface area contributed by atoms with Crippen molar-refractivity contribution < 1.29 is 9.90 Å². The molecular weight excluding hydrogens is 480 g/mol. The monoisotopic (exact) mass is 502 g/mol. The maximum absolute atomic E-state index is 14.1. The number of aliphatic hydroxyl groups is 1. The summed E-state index contributed by atoms with van der Waals surface area (Å²) in [7, 11) is 0. The first-order valence-electron chi connectivity index (χ1n) is 10.5. The van der Waals surface area contributed by atoms with E-state index in [-0.39, 0.29) is 18.6 Å². The van der Waals surface area contributed by atoms with Gasteiger partial charge < -0.3 is 10.0 Å². The highest BCUT2D eigenvalue weighted by molar-refractivity contribution is 9.10. The lowest BCUT2D eigenvalue weighted by Gasteiger charge is -2.53. The van der Waals surface area contributed by atoms with Crippen molar-refractivity contribution in [3.8, 4) is 0 Å². The summed E-state index contributed by atoms with van der Waals surface area (Å²) in [5.74, 6) is -0.00111. The van der Waals surface area contributed by atoms with E-state index < -0.39 is 5.41 Å². The fraction of sp³-hybridized carbons (Fsp3) is 0.391. The molecule has 2 aromatic rings. The van der Waals surface area contributed by atoms with Gasteiger partial charge in [0.05, 0.1) is 24.0 Å². The average molecular weight is 504 g/mol. The molecule has 0 saturated carbocycles. The van der Waals surface area contributed by atoms with Crippen LogP contribution < -0.4 is 9.91 Å². The number of rotatable bonds is 3. The van der Waals surface area contributed by atoms with Crippen LogP contribution in [0.1, 0.15) is 12.5 Å². The van der Waals surface area contributed by atoms with Crippen molar-refractivity contribution in [2.75, 3.05) is 42.7 Å². The van der Waals surface area contributed by atoms with Crippen LogP contribution in [0.15, 0.2) is 52.0 Å². The minimum Gasteiger partial charge on any atom is -0.395 e. The summed E-state index contributed by atoms with van der Waals surface area (Å²) in [5.41, 5.74) is 3.15. The molecule has 31 heavy (non-hydrogen) atoms. The Balaban J connectivity index is 1.61. The van der Waals surface area contributed by atoms with Gasteiger partial charge in [-0.3, -0.25) is 9.69 Å². The van der Waals surface area contributed by atoms with Crippen molar-refractivity contribution >= 4 is 50.5 Å². The van der Waals surface area contributed by atoms with E-state index in [4.69, 9.17) is 16.7 Å². The normalized spacial score (nSPS) is 25.6. The molecule has 5 rings (SSSR count). The highest BCUT2D eigenvalue weighted by Crippen LogP contribution is 2.48. The lowest BCUT2D eigenvalue weighted by Crippen LogP contribution is -2.67. The van der Waals surface area contributed by atoms with Crippen LogP contribution in [0.5, 0.6) is 0 Å². The number of piperazine rings is 1. The number of anilines is 2. The van der Waals surface area contributed by atoms with Crippen LogP contribution in [0.4, 0.5) is 11.4 Å². The highest BCUT2D eigenvalue weighted by atomic mass is 79.9. The molecule has 1 saturated heterocycles. The number of hydrogen-bond acceptors (Lipinski definition) is 5. The van der Waals surface area contributed by atoms with Crippen molar-refractivity contribution in [1.82, 2.24) is 4.90 Å². The van der Waals surface area contributed by atoms with Crippen LogP contribution in [0.25, 0.3) is 0 Å². The number of amides is 1. The van der Waals surface area contributed by atoms with E-state index >= 15 is 0 Å². The van der Waals surface area contributed by atoms with Gasteiger partial charge >= 0.3 is 0 Å². The number of aliphatic hydroxyl groups excluding tert-OH is 1. The summed E-state index contributed by atoms with van der Waals surface area (Å²) < 4.78 is 1.01. The minimum absolute atomic E-state index is 0.00111. The third kappa shape index (κ3) is 3.30. The molecule has 2 unspecified atom stereocenters. The third-order valence-electron chi connectivity index (χ3n) is 6.81. The Morgan fingerprint density at radius 3 is 2.74 bits per heavy atom. The van der Waals surface area contributed by atoms with Gasteiger partial charge in [-0.2, -0.15) is 10.1 Å². The Bertz CT molecular complexity index is 1060. The number of halogens is 2. The summed E-state index contributed by atoms with van der Waals surface area (Å²) >= 11 is 9.66. The van der Waals surface area contributed by atoms with Crippen molar-refractivity contribution in [3.05, 3.63) is 57.5 Å². The van der Waals surface area contributed by atoms with E-state index in [2.05, 4.69) is 43.9 Å². The van der Waals surface area contributed by atoms with Crippen LogP contribution in [-0.4, -0.2) is 60.5 Å². The molecular formula is C23H24BrClN4O2. The molecule has 6 nitrogen and oxygen atoms in total. The lowest BCUT2D eigenvalue weighted by atomic mass is 9.67. The van der Waals surface area contributed by atoms with Crippen LogP contribution >= 0.6 is 27.5 Å². The second-order valence-electron chi connectivity index (χ2n) is 8.43. The van der Waals surface area contributed by atoms with E-state index in [0.717, 1.165) is 34.5 Å². The van der Waals surface area contributed by atoms with E-state index in [1.54, 1.807) is 12.1 Å². The van der Waals surface area contributed by atoms with Gasteiger partial charge in [0.1, 0.15) is 5.41 Å². The van der Waals surface area contributed by atoms with Gasteiger partial charge in [0.2, 0.25) is 0 Å². The molecule has 0 radical (unpaired) electrons. The number of carbonyl (C=O) groups excluding carboxylic acids is 1. The maximum Gasteiger partial charge on any atom is 0.261 e. The largest absolute Gasteiger partial charge is 0.395 e. The molecule has 3 heterocycles. The molecule has 162 valence electrons. The molecule has 1 spiro atoms. The highest BCUT2D eigenvalue weighted by Gasteiger charge is 2.59. The fourth-order valence-electron chi connectivity index (χ4n) is 5.26. The molecule has 2 atom stereocenters. The first-order chi connectivity index (χ1) is 14.9. The molecule has 0 aliphatic carbocycles. The number of benzene rings is 2. The van der Waals surface area contributed by atoms with Crippen molar-refractivity contribution in [2.24, 2.45) is 10.5 Å². The van der Waals surface area contributed by atoms with Crippen molar-refractivity contribution in [1.29, 1.82) is 0 Å². The van der Waals surface area contributed by atoms with E-state index in [1.165, 1.54) is 10.7 Å². The topological polar surface area (TPSA) is 59.4 Å². The standard InChI is InChI=1S/C23H24BrClN4O2/c1-15-23(22(31)29(26-15)19-5-3-18(25)4-6-19)13-16-12-17(24)2-7-20(16)28-9-8-27(10-11-30)14-21(23)28/h2-7,12,21,30H,8-11,13-14H2,1H3. The SMILES string of the molecule is CC1=NN(c2ccc(Cl)cc2)C(=O)C12Cc1cc(Br)ccc1N1CCN(CCO)CC12. The first kappa shape index (κ1) is 20.9. The van der Waals surface area contributed by atoms with Crippen molar-refractivity contribution in [3.63, 3.8) is 0 Å². The molecule has 1 amide bonds. The Morgan fingerprint density at radius 2 is 2.00 bits per heavy atom. The molecule has 0 aromatic heterocycles. The van der Waals surface area contributed by atoms with Gasteiger partial charge in [-0.15, -0.1) is 0 Å². The molecule has 2 aromatic carbocycles. The fourth-order valence-corrected chi connectivity index (χ4v) is 5.80. The Labute approximate surface area is 195 Å². The number of hydrogen-bond donors (Lipinski definition) is 1. The van der Waals surface area contributed by atoms with Crippen LogP contribution in [0, 0.1) is 5.41 Å². The minimum atomic E-state index is -0.748. The second kappa shape index (κ2) is 7.89. The van der Waals surface area contributed by atoms with Gasteiger partial charge in [-0.25, -0.2) is 0 Å². The van der Waals surface area contributed by atoms with Gasteiger partial charge in [0.15, 0.2) is 0 Å².